The second kappa shape index (κ2) is 12.5. The van der Waals surface area contributed by atoms with Crippen LogP contribution in [0.15, 0.2) is 0 Å². The normalized spacial score (nSPS) is 36.3. The standard InChI is InChI=1S/C24H41NO13/c1-10(27)25-13-18(37-20-16(30)15(29)14(28)11(8-26)36-20)17(38-22(33)24(5,6)7)12(35-19(13)31)9-34-21(32)23(2,3)4/h11-20,26,28-31H,8-9H2,1-7H3,(H,25,27)/t11-,12-,13-,14+,15+,16-,17+,18-,19+,20+/m1/s1. The third-order valence-corrected chi connectivity index (χ3v) is 6.02. The highest BCUT2D eigenvalue weighted by molar-refractivity contribution is 5.76. The maximum Gasteiger partial charge on any atom is 0.311 e. The molecule has 2 heterocycles. The molecule has 0 bridgehead atoms. The van der Waals surface area contributed by atoms with Crippen molar-refractivity contribution in [1.29, 1.82) is 0 Å². The van der Waals surface area contributed by atoms with Gasteiger partial charge >= 0.3 is 11.9 Å². The van der Waals surface area contributed by atoms with E-state index in [9.17, 15) is 39.9 Å². The van der Waals surface area contributed by atoms with Gasteiger partial charge in [0.1, 0.15) is 49.3 Å². The molecule has 0 aliphatic carbocycles. The number of hydrogen-bond acceptors (Lipinski definition) is 13. The molecule has 38 heavy (non-hydrogen) atoms. The highest BCUT2D eigenvalue weighted by Gasteiger charge is 2.53. The van der Waals surface area contributed by atoms with Crippen LogP contribution in [-0.2, 0) is 38.1 Å². The molecule has 0 spiro atoms. The van der Waals surface area contributed by atoms with Crippen molar-refractivity contribution >= 4 is 17.8 Å². The third kappa shape index (κ3) is 7.82. The zero-order valence-corrected chi connectivity index (χ0v) is 22.7. The summed E-state index contributed by atoms with van der Waals surface area (Å²) in [5.74, 6) is -1.94. The van der Waals surface area contributed by atoms with Crippen LogP contribution in [0.3, 0.4) is 0 Å². The van der Waals surface area contributed by atoms with E-state index in [2.05, 4.69) is 5.32 Å². The first kappa shape index (κ1) is 32.3. The first-order valence-corrected chi connectivity index (χ1v) is 12.3. The van der Waals surface area contributed by atoms with Gasteiger partial charge < -0.3 is 54.5 Å². The van der Waals surface area contributed by atoms with Crippen LogP contribution in [-0.4, -0.2) is 118 Å². The number of amides is 1. The molecule has 220 valence electrons. The number of aliphatic hydroxyl groups excluding tert-OH is 5. The summed E-state index contributed by atoms with van der Waals surface area (Å²) in [7, 11) is 0. The Kier molecular flexibility index (Phi) is 10.6. The van der Waals surface area contributed by atoms with Gasteiger partial charge in [0.25, 0.3) is 0 Å². The van der Waals surface area contributed by atoms with E-state index < -0.39 is 103 Å². The van der Waals surface area contributed by atoms with Gasteiger partial charge in [-0.25, -0.2) is 0 Å². The Balaban J connectivity index is 2.47. The molecule has 2 rings (SSSR count). The van der Waals surface area contributed by atoms with Gasteiger partial charge in [0.15, 0.2) is 18.7 Å². The fourth-order valence-electron chi connectivity index (χ4n) is 3.76. The van der Waals surface area contributed by atoms with Crippen molar-refractivity contribution < 1.29 is 63.6 Å². The zero-order chi connectivity index (χ0) is 29.2. The summed E-state index contributed by atoms with van der Waals surface area (Å²) in [6.07, 6.45) is -14.3. The molecule has 0 aromatic rings. The minimum Gasteiger partial charge on any atom is -0.462 e. The first-order valence-electron chi connectivity index (χ1n) is 12.3. The Labute approximate surface area is 221 Å². The van der Waals surface area contributed by atoms with E-state index >= 15 is 0 Å². The van der Waals surface area contributed by atoms with Crippen molar-refractivity contribution in [3.8, 4) is 0 Å². The molecule has 14 heteroatoms. The predicted molar refractivity (Wildman–Crippen MR) is 127 cm³/mol. The Morgan fingerprint density at radius 1 is 0.816 bits per heavy atom. The molecule has 6 N–H and O–H groups in total. The van der Waals surface area contributed by atoms with Gasteiger partial charge in [-0.05, 0) is 41.5 Å². The molecule has 2 aliphatic rings. The lowest BCUT2D eigenvalue weighted by atomic mass is 9.93. The average molecular weight is 552 g/mol. The Morgan fingerprint density at radius 2 is 1.39 bits per heavy atom. The summed E-state index contributed by atoms with van der Waals surface area (Å²) in [5.41, 5.74) is -1.89. The lowest BCUT2D eigenvalue weighted by Crippen LogP contribution is -2.68. The van der Waals surface area contributed by atoms with Gasteiger partial charge in [0.05, 0.1) is 17.4 Å². The maximum atomic E-state index is 12.9. The second-order valence-electron chi connectivity index (χ2n) is 11.6. The van der Waals surface area contributed by atoms with Crippen molar-refractivity contribution in [2.45, 2.75) is 110 Å². The van der Waals surface area contributed by atoms with Gasteiger partial charge in [-0.15, -0.1) is 0 Å². The fraction of sp³-hybridized carbons (Fsp3) is 0.875. The van der Waals surface area contributed by atoms with Crippen molar-refractivity contribution in [1.82, 2.24) is 5.32 Å². The number of ether oxygens (including phenoxy) is 5. The van der Waals surface area contributed by atoms with Gasteiger partial charge in [-0.1, -0.05) is 0 Å². The molecular weight excluding hydrogens is 510 g/mol. The summed E-state index contributed by atoms with van der Waals surface area (Å²) in [6, 6.07) is -1.38. The summed E-state index contributed by atoms with van der Waals surface area (Å²) < 4.78 is 27.9. The van der Waals surface area contributed by atoms with Crippen LogP contribution in [0.25, 0.3) is 0 Å². The molecule has 14 nitrogen and oxygen atoms in total. The molecule has 0 radical (unpaired) electrons. The smallest absolute Gasteiger partial charge is 0.311 e. The zero-order valence-electron chi connectivity index (χ0n) is 22.7. The first-order chi connectivity index (χ1) is 17.4. The summed E-state index contributed by atoms with van der Waals surface area (Å²) in [4.78, 5) is 37.3. The minimum absolute atomic E-state index is 0.476. The number of carbonyl (C=O) groups is 3. The van der Waals surface area contributed by atoms with E-state index in [0.717, 1.165) is 6.92 Å². The number of aliphatic hydroxyl groups is 5. The van der Waals surface area contributed by atoms with Crippen molar-refractivity contribution in [3.63, 3.8) is 0 Å². The highest BCUT2D eigenvalue weighted by atomic mass is 16.7. The lowest BCUT2D eigenvalue weighted by molar-refractivity contribution is -0.342. The molecule has 0 aromatic heterocycles. The average Bonchev–Trinajstić information content (AvgIpc) is 2.79. The van der Waals surface area contributed by atoms with Crippen LogP contribution in [0.5, 0.6) is 0 Å². The molecule has 0 aromatic carbocycles. The minimum atomic E-state index is -1.83. The summed E-state index contributed by atoms with van der Waals surface area (Å²) >= 11 is 0. The van der Waals surface area contributed by atoms with E-state index in [0.29, 0.717) is 0 Å². The molecule has 1 amide bonds. The third-order valence-electron chi connectivity index (χ3n) is 6.02. The second-order valence-corrected chi connectivity index (χ2v) is 11.6. The molecule has 2 fully saturated rings. The molecule has 0 saturated carbocycles. The fourth-order valence-corrected chi connectivity index (χ4v) is 3.76. The number of esters is 2. The Bertz CT molecular complexity index is 836. The highest BCUT2D eigenvalue weighted by Crippen LogP contribution is 2.32. The maximum absolute atomic E-state index is 12.9. The number of carbonyl (C=O) groups excluding carboxylic acids is 3. The van der Waals surface area contributed by atoms with Gasteiger partial charge in [-0.2, -0.15) is 0 Å². The summed E-state index contributed by atoms with van der Waals surface area (Å²) in [5, 5.41) is 53.5. The molecule has 10 atom stereocenters. The van der Waals surface area contributed by atoms with E-state index in [4.69, 9.17) is 23.7 Å². The van der Waals surface area contributed by atoms with Crippen LogP contribution < -0.4 is 5.32 Å². The van der Waals surface area contributed by atoms with Crippen LogP contribution in [0.1, 0.15) is 48.5 Å². The largest absolute Gasteiger partial charge is 0.462 e. The quantitative estimate of drug-likeness (QED) is 0.188. The molecule has 0 unspecified atom stereocenters. The van der Waals surface area contributed by atoms with Crippen LogP contribution in [0, 0.1) is 10.8 Å². The SMILES string of the molecule is CC(=O)N[C@@H]1[C@@H](O[C@@H]2O[C@H](CO)[C@H](O)[C@H](O)[C@H]2O)[C@@H](OC(=O)C(C)(C)C)[C@@H](COC(=O)C(C)(C)C)O[C@@H]1O. The van der Waals surface area contributed by atoms with Gasteiger partial charge in [-0.3, -0.25) is 14.4 Å². The monoisotopic (exact) mass is 551 g/mol. The Morgan fingerprint density at radius 3 is 1.89 bits per heavy atom. The molecular formula is C24H41NO13. The van der Waals surface area contributed by atoms with Gasteiger partial charge in [0.2, 0.25) is 5.91 Å². The molecule has 2 saturated heterocycles. The van der Waals surface area contributed by atoms with Crippen molar-refractivity contribution in [2.75, 3.05) is 13.2 Å². The van der Waals surface area contributed by atoms with Crippen molar-refractivity contribution in [2.24, 2.45) is 10.8 Å². The van der Waals surface area contributed by atoms with E-state index in [1.807, 2.05) is 0 Å². The topological polar surface area (TPSA) is 211 Å². The van der Waals surface area contributed by atoms with Crippen molar-refractivity contribution in [3.05, 3.63) is 0 Å². The predicted octanol–water partition coefficient (Wildman–Crippen LogP) is -2.06. The molecule has 2 aliphatic heterocycles. The number of nitrogens with one attached hydrogen (secondary N) is 1. The lowest BCUT2D eigenvalue weighted by Gasteiger charge is -2.47. The van der Waals surface area contributed by atoms with Crippen LogP contribution in [0.4, 0.5) is 0 Å². The number of rotatable bonds is 7. The number of hydrogen-bond donors (Lipinski definition) is 6. The van der Waals surface area contributed by atoms with E-state index in [-0.39, 0.29) is 0 Å². The van der Waals surface area contributed by atoms with Gasteiger partial charge in [0, 0.05) is 6.92 Å². The van der Waals surface area contributed by atoms with E-state index in [1.54, 1.807) is 41.5 Å². The van der Waals surface area contributed by atoms with Crippen LogP contribution in [0.2, 0.25) is 0 Å². The van der Waals surface area contributed by atoms with E-state index in [1.165, 1.54) is 0 Å². The Hall–Kier alpha value is -1.91. The summed E-state index contributed by atoms with van der Waals surface area (Å²) in [6.45, 7) is 9.58. The van der Waals surface area contributed by atoms with Crippen LogP contribution >= 0.6 is 0 Å².